The van der Waals surface area contributed by atoms with E-state index in [1.807, 2.05) is 89.7 Å². The van der Waals surface area contributed by atoms with E-state index in [0.29, 0.717) is 17.1 Å². The Balaban J connectivity index is 1.54. The molecule has 1 atom stereocenters. The zero-order chi connectivity index (χ0) is 20.5. The molecule has 0 saturated carbocycles. The highest BCUT2D eigenvalue weighted by Gasteiger charge is 2.28. The Kier molecular flexibility index (Phi) is 4.73. The van der Waals surface area contributed by atoms with E-state index in [-0.39, 0.29) is 12.1 Å². The first-order valence-corrected chi connectivity index (χ1v) is 10.1. The summed E-state index contributed by atoms with van der Waals surface area (Å²) in [6.07, 6.45) is 1.62. The van der Waals surface area contributed by atoms with E-state index >= 15 is 0 Å². The third kappa shape index (κ3) is 3.55. The summed E-state index contributed by atoms with van der Waals surface area (Å²) in [5.74, 6) is -0.0983. The number of amides is 1. The predicted molar refractivity (Wildman–Crippen MR) is 118 cm³/mol. The van der Waals surface area contributed by atoms with Crippen molar-refractivity contribution in [2.45, 2.75) is 12.7 Å². The molecular formula is C24H19ClN4O. The molecule has 4 aromatic rings. The fourth-order valence-electron chi connectivity index (χ4n) is 3.69. The van der Waals surface area contributed by atoms with Gasteiger partial charge in [-0.15, -0.1) is 0 Å². The van der Waals surface area contributed by atoms with Crippen molar-refractivity contribution in [2.24, 2.45) is 0 Å². The SMILES string of the molecule is O=C1NC(c2cn(Cc3ccc(Cl)cc3)nc2-c2ccccc2)Nc2ccccc21. The first kappa shape index (κ1) is 18.5. The molecule has 6 heteroatoms. The molecule has 148 valence electrons. The average molecular weight is 415 g/mol. The number of nitrogens with one attached hydrogen (secondary N) is 2. The van der Waals surface area contributed by atoms with Crippen LogP contribution in [0.15, 0.2) is 85.1 Å². The highest BCUT2D eigenvalue weighted by molar-refractivity contribution is 6.30. The van der Waals surface area contributed by atoms with Crippen molar-refractivity contribution in [3.63, 3.8) is 0 Å². The van der Waals surface area contributed by atoms with Gasteiger partial charge in [0, 0.05) is 28.0 Å². The van der Waals surface area contributed by atoms with Gasteiger partial charge < -0.3 is 10.6 Å². The summed E-state index contributed by atoms with van der Waals surface area (Å²) >= 11 is 6.01. The maximum Gasteiger partial charge on any atom is 0.255 e. The maximum absolute atomic E-state index is 12.7. The minimum Gasteiger partial charge on any atom is -0.361 e. The number of halogens is 1. The zero-order valence-corrected chi connectivity index (χ0v) is 16.8. The lowest BCUT2D eigenvalue weighted by molar-refractivity contribution is 0.0936. The summed E-state index contributed by atoms with van der Waals surface area (Å²) in [7, 11) is 0. The second kappa shape index (κ2) is 7.69. The number of benzene rings is 3. The first-order chi connectivity index (χ1) is 14.7. The fraction of sp³-hybridized carbons (Fsp3) is 0.0833. The molecule has 30 heavy (non-hydrogen) atoms. The average Bonchev–Trinajstić information content (AvgIpc) is 3.20. The Hall–Kier alpha value is -3.57. The Morgan fingerprint density at radius 3 is 2.43 bits per heavy atom. The number of hydrogen-bond acceptors (Lipinski definition) is 3. The van der Waals surface area contributed by atoms with E-state index in [0.717, 1.165) is 28.1 Å². The van der Waals surface area contributed by atoms with Gasteiger partial charge in [0.2, 0.25) is 0 Å². The van der Waals surface area contributed by atoms with Gasteiger partial charge >= 0.3 is 0 Å². The van der Waals surface area contributed by atoms with Crippen LogP contribution >= 0.6 is 11.6 Å². The molecule has 0 fully saturated rings. The molecule has 1 aromatic heterocycles. The van der Waals surface area contributed by atoms with Gasteiger partial charge in [0.05, 0.1) is 17.8 Å². The molecule has 0 spiro atoms. The van der Waals surface area contributed by atoms with Gasteiger partial charge in [0.15, 0.2) is 0 Å². The molecule has 5 nitrogen and oxygen atoms in total. The first-order valence-electron chi connectivity index (χ1n) is 9.71. The van der Waals surface area contributed by atoms with Gasteiger partial charge in [-0.1, -0.05) is 66.2 Å². The third-order valence-electron chi connectivity index (χ3n) is 5.15. The number of anilines is 1. The van der Waals surface area contributed by atoms with Gasteiger partial charge in [0.25, 0.3) is 5.91 Å². The minimum absolute atomic E-state index is 0.0983. The summed E-state index contributed by atoms with van der Waals surface area (Å²) in [4.78, 5) is 12.7. The topological polar surface area (TPSA) is 59.0 Å². The number of carbonyl (C=O) groups is 1. The van der Waals surface area contributed by atoms with Crippen molar-refractivity contribution in [1.82, 2.24) is 15.1 Å². The number of rotatable bonds is 4. The molecule has 0 saturated heterocycles. The van der Waals surface area contributed by atoms with E-state index in [1.54, 1.807) is 0 Å². The summed E-state index contributed by atoms with van der Waals surface area (Å²) in [5.41, 5.74) is 5.30. The minimum atomic E-state index is -0.374. The van der Waals surface area contributed by atoms with Crippen molar-refractivity contribution in [2.75, 3.05) is 5.32 Å². The Labute approximate surface area is 179 Å². The number of hydrogen-bond donors (Lipinski definition) is 2. The summed E-state index contributed by atoms with van der Waals surface area (Å²) < 4.78 is 1.90. The van der Waals surface area contributed by atoms with Crippen LogP contribution in [0.4, 0.5) is 5.69 Å². The van der Waals surface area contributed by atoms with Crippen LogP contribution in [0.2, 0.25) is 5.02 Å². The van der Waals surface area contributed by atoms with E-state index in [1.165, 1.54) is 0 Å². The lowest BCUT2D eigenvalue weighted by Crippen LogP contribution is -2.38. The van der Waals surface area contributed by atoms with Crippen molar-refractivity contribution < 1.29 is 4.79 Å². The molecule has 2 heterocycles. The lowest BCUT2D eigenvalue weighted by atomic mass is 10.0. The summed E-state index contributed by atoms with van der Waals surface area (Å²) in [5, 5.41) is 12.1. The van der Waals surface area contributed by atoms with Gasteiger partial charge in [-0.2, -0.15) is 5.10 Å². The Morgan fingerprint density at radius 2 is 1.63 bits per heavy atom. The fourth-order valence-corrected chi connectivity index (χ4v) is 3.82. The molecule has 1 aliphatic heterocycles. The van der Waals surface area contributed by atoms with Gasteiger partial charge in [-0.3, -0.25) is 9.48 Å². The standard InChI is InChI=1S/C24H19ClN4O/c25-18-12-10-16(11-13-18)14-29-15-20(22(28-29)17-6-2-1-3-7-17)23-26-21-9-5-4-8-19(21)24(30)27-23/h1-13,15,23,26H,14H2,(H,27,30). The number of para-hydroxylation sites is 1. The second-order valence-electron chi connectivity index (χ2n) is 7.22. The van der Waals surface area contributed by atoms with Crippen LogP contribution in [0.3, 0.4) is 0 Å². The monoisotopic (exact) mass is 414 g/mol. The quantitative estimate of drug-likeness (QED) is 0.488. The van der Waals surface area contributed by atoms with Crippen LogP contribution in [0.1, 0.15) is 27.7 Å². The van der Waals surface area contributed by atoms with Crippen molar-refractivity contribution >= 4 is 23.2 Å². The number of nitrogens with zero attached hydrogens (tertiary/aromatic N) is 2. The molecule has 0 bridgehead atoms. The van der Waals surface area contributed by atoms with Gasteiger partial charge in [-0.05, 0) is 29.8 Å². The molecule has 5 rings (SSSR count). The summed E-state index contributed by atoms with van der Waals surface area (Å²) in [6.45, 7) is 0.605. The Bertz CT molecular complexity index is 1200. The van der Waals surface area contributed by atoms with E-state index < -0.39 is 0 Å². The number of aromatic nitrogens is 2. The smallest absolute Gasteiger partial charge is 0.255 e. The molecule has 3 aromatic carbocycles. The normalized spacial score (nSPS) is 15.2. The largest absolute Gasteiger partial charge is 0.361 e. The highest BCUT2D eigenvalue weighted by Crippen LogP contribution is 2.32. The zero-order valence-electron chi connectivity index (χ0n) is 16.0. The number of carbonyl (C=O) groups excluding carboxylic acids is 1. The molecule has 1 aliphatic rings. The molecular weight excluding hydrogens is 396 g/mol. The molecule has 0 radical (unpaired) electrons. The third-order valence-corrected chi connectivity index (χ3v) is 5.40. The van der Waals surface area contributed by atoms with Crippen LogP contribution in [0.25, 0.3) is 11.3 Å². The predicted octanol–water partition coefficient (Wildman–Crippen LogP) is 5.11. The molecule has 2 N–H and O–H groups in total. The van der Waals surface area contributed by atoms with Crippen molar-refractivity contribution in [3.8, 4) is 11.3 Å². The van der Waals surface area contributed by atoms with Crippen molar-refractivity contribution in [3.05, 3.63) is 107 Å². The molecule has 0 aliphatic carbocycles. The maximum atomic E-state index is 12.7. The van der Waals surface area contributed by atoms with Gasteiger partial charge in [0.1, 0.15) is 6.17 Å². The van der Waals surface area contributed by atoms with E-state index in [2.05, 4.69) is 10.6 Å². The molecule has 1 unspecified atom stereocenters. The van der Waals surface area contributed by atoms with E-state index in [9.17, 15) is 4.79 Å². The van der Waals surface area contributed by atoms with Crippen LogP contribution < -0.4 is 10.6 Å². The molecule has 1 amide bonds. The number of fused-ring (bicyclic) bond motifs is 1. The Morgan fingerprint density at radius 1 is 0.900 bits per heavy atom. The lowest BCUT2D eigenvalue weighted by Gasteiger charge is -2.27. The summed E-state index contributed by atoms with van der Waals surface area (Å²) in [6, 6.07) is 25.2. The van der Waals surface area contributed by atoms with Crippen LogP contribution in [-0.4, -0.2) is 15.7 Å². The second-order valence-corrected chi connectivity index (χ2v) is 7.66. The van der Waals surface area contributed by atoms with E-state index in [4.69, 9.17) is 16.7 Å². The van der Waals surface area contributed by atoms with Crippen LogP contribution in [-0.2, 0) is 6.54 Å². The van der Waals surface area contributed by atoms with Crippen molar-refractivity contribution in [1.29, 1.82) is 0 Å². The van der Waals surface area contributed by atoms with Crippen LogP contribution in [0, 0.1) is 0 Å². The highest BCUT2D eigenvalue weighted by atomic mass is 35.5. The van der Waals surface area contributed by atoms with Gasteiger partial charge in [-0.25, -0.2) is 0 Å². The van der Waals surface area contributed by atoms with Crippen LogP contribution in [0.5, 0.6) is 0 Å².